The van der Waals surface area contributed by atoms with Crippen LogP contribution in [0.4, 0.5) is 15.3 Å². The zero-order chi connectivity index (χ0) is 14.3. The number of alkyl carbamates (subject to hydrolysis) is 2. The molecule has 0 saturated heterocycles. The molecular weight excluding hydrogens is 250 g/mol. The molecule has 0 aliphatic carbocycles. The quantitative estimate of drug-likeness (QED) is 0.351. The predicted molar refractivity (Wildman–Crippen MR) is 69.7 cm³/mol. The number of ether oxygens (including phenoxy) is 1. The van der Waals surface area contributed by atoms with Crippen molar-refractivity contribution in [1.82, 2.24) is 10.6 Å². The molecule has 0 saturated carbocycles. The van der Waals surface area contributed by atoms with Crippen LogP contribution in [0.15, 0.2) is 29.3 Å². The summed E-state index contributed by atoms with van der Waals surface area (Å²) in [5, 5.41) is 4.58. The van der Waals surface area contributed by atoms with E-state index in [9.17, 15) is 9.59 Å². The highest BCUT2D eigenvalue weighted by molar-refractivity contribution is 5.83. The lowest BCUT2D eigenvalue weighted by molar-refractivity contribution is 0.151. The average Bonchev–Trinajstić information content (AvgIpc) is 2.37. The van der Waals surface area contributed by atoms with Crippen molar-refractivity contribution >= 4 is 23.8 Å². The molecule has 0 radical (unpaired) electrons. The van der Waals surface area contributed by atoms with Crippen molar-refractivity contribution in [2.75, 3.05) is 7.05 Å². The van der Waals surface area contributed by atoms with Crippen LogP contribution in [-0.4, -0.2) is 25.2 Å². The number of aliphatic imine (C=N–C) groups is 1. The van der Waals surface area contributed by atoms with Crippen LogP contribution in [0.1, 0.15) is 5.56 Å². The van der Waals surface area contributed by atoms with E-state index in [1.165, 1.54) is 7.05 Å². The molecule has 0 aliphatic heterocycles. The Morgan fingerprint density at radius 2 is 1.84 bits per heavy atom. The number of amides is 2. The molecule has 0 unspecified atom stereocenters. The van der Waals surface area contributed by atoms with Gasteiger partial charge in [-0.1, -0.05) is 12.1 Å². The van der Waals surface area contributed by atoms with Gasteiger partial charge in [0.25, 0.3) is 0 Å². The van der Waals surface area contributed by atoms with E-state index < -0.39 is 12.2 Å². The number of hydrogen-bond acceptors (Lipinski definition) is 4. The Hall–Kier alpha value is -2.77. The van der Waals surface area contributed by atoms with Gasteiger partial charge < -0.3 is 26.8 Å². The van der Waals surface area contributed by atoms with Gasteiger partial charge in [0.1, 0.15) is 0 Å². The molecule has 1 aromatic carbocycles. The Balaban J connectivity index is 2.48. The third kappa shape index (κ3) is 5.39. The van der Waals surface area contributed by atoms with Crippen molar-refractivity contribution in [1.29, 1.82) is 0 Å². The summed E-state index contributed by atoms with van der Waals surface area (Å²) < 4.78 is 4.34. The molecule has 0 bridgehead atoms. The monoisotopic (exact) mass is 265 g/mol. The van der Waals surface area contributed by atoms with Gasteiger partial charge in [0.15, 0.2) is 5.96 Å². The summed E-state index contributed by atoms with van der Waals surface area (Å²) in [4.78, 5) is 25.8. The minimum Gasteiger partial charge on any atom is -0.370 e. The first-order valence-corrected chi connectivity index (χ1v) is 5.37. The Labute approximate surface area is 109 Å². The number of guanidine groups is 1. The van der Waals surface area contributed by atoms with Crippen LogP contribution in [-0.2, 0) is 11.3 Å². The third-order valence-electron chi connectivity index (χ3n) is 2.02. The second-order valence-corrected chi connectivity index (χ2v) is 3.48. The highest BCUT2D eigenvalue weighted by Gasteiger charge is 2.07. The van der Waals surface area contributed by atoms with Crippen LogP contribution < -0.4 is 22.1 Å². The van der Waals surface area contributed by atoms with E-state index in [1.807, 2.05) is 0 Å². The smallest absolute Gasteiger partial charge is 0.370 e. The lowest BCUT2D eigenvalue weighted by atomic mass is 10.2. The van der Waals surface area contributed by atoms with Gasteiger partial charge in [-0.2, -0.15) is 0 Å². The van der Waals surface area contributed by atoms with E-state index in [0.717, 1.165) is 5.56 Å². The number of benzene rings is 1. The molecule has 1 rings (SSSR count). The molecule has 1 aromatic rings. The minimum absolute atomic E-state index is 0.0277. The Morgan fingerprint density at radius 3 is 2.37 bits per heavy atom. The van der Waals surface area contributed by atoms with Crippen LogP contribution >= 0.6 is 0 Å². The third-order valence-corrected chi connectivity index (χ3v) is 2.02. The van der Waals surface area contributed by atoms with Gasteiger partial charge in [0, 0.05) is 13.6 Å². The Morgan fingerprint density at radius 1 is 1.21 bits per heavy atom. The van der Waals surface area contributed by atoms with E-state index in [1.54, 1.807) is 24.3 Å². The molecule has 19 heavy (non-hydrogen) atoms. The van der Waals surface area contributed by atoms with E-state index in [4.69, 9.17) is 11.5 Å². The summed E-state index contributed by atoms with van der Waals surface area (Å²) in [5.41, 5.74) is 11.9. The van der Waals surface area contributed by atoms with Crippen molar-refractivity contribution in [3.05, 3.63) is 29.8 Å². The molecule has 0 aliphatic rings. The van der Waals surface area contributed by atoms with Crippen molar-refractivity contribution < 1.29 is 14.3 Å². The molecule has 6 N–H and O–H groups in total. The zero-order valence-electron chi connectivity index (χ0n) is 10.3. The van der Waals surface area contributed by atoms with E-state index in [2.05, 4.69) is 20.4 Å². The summed E-state index contributed by atoms with van der Waals surface area (Å²) >= 11 is 0. The fraction of sp³-hybridized carbons (Fsp3) is 0.182. The van der Waals surface area contributed by atoms with Crippen molar-refractivity contribution in [2.45, 2.75) is 6.54 Å². The molecule has 2 amide bonds. The maximum Gasteiger partial charge on any atom is 0.416 e. The second-order valence-electron chi connectivity index (χ2n) is 3.48. The van der Waals surface area contributed by atoms with Crippen molar-refractivity contribution in [3.63, 3.8) is 0 Å². The number of hydrogen-bond donors (Lipinski definition) is 4. The van der Waals surface area contributed by atoms with Gasteiger partial charge in [-0.25, -0.2) is 14.6 Å². The predicted octanol–water partition coefficient (Wildman–Crippen LogP) is 0.157. The molecule has 0 spiro atoms. The topological polar surface area (TPSA) is 132 Å². The Bertz CT molecular complexity index is 480. The first kappa shape index (κ1) is 14.3. The molecule has 0 atom stereocenters. The minimum atomic E-state index is -0.826. The summed E-state index contributed by atoms with van der Waals surface area (Å²) in [6, 6.07) is 6.87. The van der Waals surface area contributed by atoms with E-state index in [-0.39, 0.29) is 12.5 Å². The van der Waals surface area contributed by atoms with Crippen LogP contribution in [0.3, 0.4) is 0 Å². The summed E-state index contributed by atoms with van der Waals surface area (Å²) in [6.07, 6.45) is -1.65. The van der Waals surface area contributed by atoms with Gasteiger partial charge >= 0.3 is 12.2 Å². The highest BCUT2D eigenvalue weighted by atomic mass is 16.6. The van der Waals surface area contributed by atoms with Gasteiger partial charge in [-0.3, -0.25) is 0 Å². The first-order chi connectivity index (χ1) is 9.01. The van der Waals surface area contributed by atoms with Gasteiger partial charge in [-0.05, 0) is 17.7 Å². The normalized spacial score (nSPS) is 9.32. The van der Waals surface area contributed by atoms with Gasteiger partial charge in [0.05, 0.1) is 5.69 Å². The molecule has 0 fully saturated rings. The van der Waals surface area contributed by atoms with Crippen LogP contribution in [0, 0.1) is 0 Å². The SMILES string of the molecule is CNC(=O)OC(=O)NCc1ccc(N=C(N)N)cc1. The largest absolute Gasteiger partial charge is 0.416 e. The highest BCUT2D eigenvalue weighted by Crippen LogP contribution is 2.12. The number of carbonyl (C=O) groups excluding carboxylic acids is 2. The van der Waals surface area contributed by atoms with Gasteiger partial charge in [-0.15, -0.1) is 0 Å². The second kappa shape index (κ2) is 6.84. The molecule has 0 heterocycles. The lowest BCUT2D eigenvalue weighted by Gasteiger charge is -2.05. The van der Waals surface area contributed by atoms with Crippen molar-refractivity contribution in [3.8, 4) is 0 Å². The van der Waals surface area contributed by atoms with Crippen molar-refractivity contribution in [2.24, 2.45) is 16.5 Å². The fourth-order valence-electron chi connectivity index (χ4n) is 1.18. The first-order valence-electron chi connectivity index (χ1n) is 5.37. The molecule has 8 nitrogen and oxygen atoms in total. The number of nitrogens with one attached hydrogen (secondary N) is 2. The number of nitrogens with two attached hydrogens (primary N) is 2. The number of nitrogens with zero attached hydrogens (tertiary/aromatic N) is 1. The van der Waals surface area contributed by atoms with E-state index in [0.29, 0.717) is 5.69 Å². The maximum absolute atomic E-state index is 11.1. The standard InChI is InChI=1S/C11H15N5O3/c1-14-10(17)19-11(18)15-6-7-2-4-8(5-3-7)16-9(12)13/h2-5H,6H2,1H3,(H,14,17)(H,15,18)(H4,12,13,16). The molecular formula is C11H15N5O3. The molecule has 8 heteroatoms. The molecule has 102 valence electrons. The summed E-state index contributed by atoms with van der Waals surface area (Å²) in [5.74, 6) is -0.0277. The number of rotatable bonds is 3. The summed E-state index contributed by atoms with van der Waals surface area (Å²) in [6.45, 7) is 0.220. The van der Waals surface area contributed by atoms with E-state index >= 15 is 0 Å². The fourth-order valence-corrected chi connectivity index (χ4v) is 1.18. The Kier molecular flexibility index (Phi) is 5.15. The molecule has 0 aromatic heterocycles. The maximum atomic E-state index is 11.1. The number of carbonyl (C=O) groups is 2. The zero-order valence-corrected chi connectivity index (χ0v) is 10.3. The average molecular weight is 265 g/mol. The lowest BCUT2D eigenvalue weighted by Crippen LogP contribution is -2.30. The van der Waals surface area contributed by atoms with Crippen LogP contribution in [0.5, 0.6) is 0 Å². The van der Waals surface area contributed by atoms with Crippen LogP contribution in [0.2, 0.25) is 0 Å². The summed E-state index contributed by atoms with van der Waals surface area (Å²) in [7, 11) is 1.36. The van der Waals surface area contributed by atoms with Crippen LogP contribution in [0.25, 0.3) is 0 Å². The van der Waals surface area contributed by atoms with Gasteiger partial charge in [0.2, 0.25) is 0 Å².